The summed E-state index contributed by atoms with van der Waals surface area (Å²) in [6.07, 6.45) is 6.17. The molecule has 0 bridgehead atoms. The standard InChI is InChI=1S/C23H21NO2S/c1-14(2)26-22-9-6-15(10-16(22)12-24)17-11-23(27-13-17)20-5-3-4-19-18(20)7-8-21(19)25/h3-6,9,11,13-14,16H,7-8,10H2,1-2H3. The molecule has 1 aromatic carbocycles. The Morgan fingerprint density at radius 2 is 2.04 bits per heavy atom. The van der Waals surface area contributed by atoms with Crippen LogP contribution in [-0.4, -0.2) is 11.9 Å². The van der Waals surface area contributed by atoms with Crippen molar-refractivity contribution in [1.29, 1.82) is 5.26 Å². The molecule has 27 heavy (non-hydrogen) atoms. The molecule has 2 aliphatic rings. The van der Waals surface area contributed by atoms with E-state index >= 15 is 0 Å². The lowest BCUT2D eigenvalue weighted by Crippen LogP contribution is -2.13. The highest BCUT2D eigenvalue weighted by Crippen LogP contribution is 2.39. The number of carbonyl (C=O) groups excluding carboxylic acids is 1. The van der Waals surface area contributed by atoms with Crippen molar-refractivity contribution in [1.82, 2.24) is 0 Å². The zero-order valence-corrected chi connectivity index (χ0v) is 16.3. The number of fused-ring (bicyclic) bond motifs is 1. The van der Waals surface area contributed by atoms with E-state index in [4.69, 9.17) is 4.74 Å². The smallest absolute Gasteiger partial charge is 0.163 e. The van der Waals surface area contributed by atoms with Crippen molar-refractivity contribution in [2.45, 2.75) is 39.2 Å². The molecule has 3 nitrogen and oxygen atoms in total. The van der Waals surface area contributed by atoms with E-state index < -0.39 is 0 Å². The van der Waals surface area contributed by atoms with Crippen LogP contribution in [-0.2, 0) is 11.2 Å². The lowest BCUT2D eigenvalue weighted by Gasteiger charge is -2.21. The highest BCUT2D eigenvalue weighted by molar-refractivity contribution is 7.13. The van der Waals surface area contributed by atoms with Crippen LogP contribution in [0, 0.1) is 17.2 Å². The van der Waals surface area contributed by atoms with Gasteiger partial charge in [-0.05, 0) is 66.5 Å². The molecule has 1 heterocycles. The number of nitriles is 1. The van der Waals surface area contributed by atoms with Crippen molar-refractivity contribution in [2.24, 2.45) is 5.92 Å². The van der Waals surface area contributed by atoms with Crippen LogP contribution < -0.4 is 0 Å². The van der Waals surface area contributed by atoms with Crippen molar-refractivity contribution in [2.75, 3.05) is 0 Å². The number of allylic oxidation sites excluding steroid dienone is 4. The van der Waals surface area contributed by atoms with E-state index in [1.807, 2.05) is 32.1 Å². The molecule has 136 valence electrons. The van der Waals surface area contributed by atoms with Gasteiger partial charge in [0.05, 0.1) is 12.2 Å². The van der Waals surface area contributed by atoms with E-state index in [0.29, 0.717) is 12.8 Å². The van der Waals surface area contributed by atoms with Crippen LogP contribution in [0.3, 0.4) is 0 Å². The van der Waals surface area contributed by atoms with E-state index in [-0.39, 0.29) is 17.8 Å². The fraction of sp³-hybridized carbons (Fsp3) is 0.304. The average molecular weight is 375 g/mol. The topological polar surface area (TPSA) is 50.1 Å². The molecule has 2 aliphatic carbocycles. The summed E-state index contributed by atoms with van der Waals surface area (Å²) in [4.78, 5) is 13.2. The maximum absolute atomic E-state index is 12.0. The maximum Gasteiger partial charge on any atom is 0.163 e. The molecule has 2 aromatic rings. The number of nitrogens with zero attached hydrogens (tertiary/aromatic N) is 1. The van der Waals surface area contributed by atoms with Crippen molar-refractivity contribution < 1.29 is 9.53 Å². The second-order valence-electron chi connectivity index (χ2n) is 7.27. The van der Waals surface area contributed by atoms with Crippen molar-refractivity contribution >= 4 is 22.7 Å². The second kappa shape index (κ2) is 7.17. The first-order valence-electron chi connectivity index (χ1n) is 9.28. The first-order chi connectivity index (χ1) is 13.1. The van der Waals surface area contributed by atoms with E-state index in [0.717, 1.165) is 28.9 Å². The molecular weight excluding hydrogens is 354 g/mol. The summed E-state index contributed by atoms with van der Waals surface area (Å²) in [5.41, 5.74) is 5.53. The Hall–Kier alpha value is -2.64. The minimum atomic E-state index is -0.241. The number of thiophene rings is 1. The third-order valence-electron chi connectivity index (χ3n) is 5.06. The van der Waals surface area contributed by atoms with Crippen LogP contribution in [0.15, 0.2) is 47.6 Å². The van der Waals surface area contributed by atoms with E-state index in [1.54, 1.807) is 11.3 Å². The molecule has 0 amide bonds. The minimum absolute atomic E-state index is 0.0673. The van der Waals surface area contributed by atoms with Gasteiger partial charge in [0.25, 0.3) is 0 Å². The van der Waals surface area contributed by atoms with E-state index in [9.17, 15) is 10.1 Å². The molecule has 1 atom stereocenters. The summed E-state index contributed by atoms with van der Waals surface area (Å²) < 4.78 is 5.78. The molecule has 0 saturated heterocycles. The summed E-state index contributed by atoms with van der Waals surface area (Å²) in [6.45, 7) is 3.95. The Labute approximate surface area is 163 Å². The van der Waals surface area contributed by atoms with Gasteiger partial charge in [0.1, 0.15) is 11.7 Å². The summed E-state index contributed by atoms with van der Waals surface area (Å²) in [6, 6.07) is 10.6. The molecule has 1 aromatic heterocycles. The zero-order chi connectivity index (χ0) is 19.0. The van der Waals surface area contributed by atoms with E-state index in [2.05, 4.69) is 29.7 Å². The molecule has 0 N–H and O–H groups in total. The van der Waals surface area contributed by atoms with Gasteiger partial charge in [-0.2, -0.15) is 5.26 Å². The summed E-state index contributed by atoms with van der Waals surface area (Å²) in [7, 11) is 0. The summed E-state index contributed by atoms with van der Waals surface area (Å²) >= 11 is 1.70. The van der Waals surface area contributed by atoms with Gasteiger partial charge in [0, 0.05) is 16.9 Å². The lowest BCUT2D eigenvalue weighted by molar-refractivity contribution is 0.0994. The Kier molecular flexibility index (Phi) is 4.72. The number of Topliss-reactive ketones (excluding diaryl/α,β-unsaturated/α-hetero) is 1. The Balaban J connectivity index is 1.65. The highest BCUT2D eigenvalue weighted by atomic mass is 32.1. The third-order valence-corrected chi connectivity index (χ3v) is 6.02. The number of ketones is 1. The van der Waals surface area contributed by atoms with Crippen LogP contribution in [0.25, 0.3) is 16.0 Å². The van der Waals surface area contributed by atoms with Gasteiger partial charge in [0.2, 0.25) is 0 Å². The molecule has 4 heteroatoms. The van der Waals surface area contributed by atoms with Crippen LogP contribution in [0.5, 0.6) is 0 Å². The third kappa shape index (κ3) is 3.36. The monoisotopic (exact) mass is 375 g/mol. The Bertz CT molecular complexity index is 1000. The average Bonchev–Trinajstić information content (AvgIpc) is 3.29. The molecule has 0 spiro atoms. The first kappa shape index (κ1) is 17.8. The van der Waals surface area contributed by atoms with Gasteiger partial charge in [-0.15, -0.1) is 11.3 Å². The number of ether oxygens (including phenoxy) is 1. The van der Waals surface area contributed by atoms with Crippen LogP contribution >= 0.6 is 11.3 Å². The Morgan fingerprint density at radius 3 is 2.81 bits per heavy atom. The van der Waals surface area contributed by atoms with Gasteiger partial charge in [-0.1, -0.05) is 24.3 Å². The van der Waals surface area contributed by atoms with Gasteiger partial charge < -0.3 is 4.74 Å². The second-order valence-corrected chi connectivity index (χ2v) is 8.18. The van der Waals surface area contributed by atoms with Crippen LogP contribution in [0.2, 0.25) is 0 Å². The zero-order valence-electron chi connectivity index (χ0n) is 15.5. The Morgan fingerprint density at radius 1 is 1.22 bits per heavy atom. The molecule has 0 radical (unpaired) electrons. The predicted octanol–water partition coefficient (Wildman–Crippen LogP) is 5.78. The highest BCUT2D eigenvalue weighted by Gasteiger charge is 2.25. The molecule has 0 aliphatic heterocycles. The summed E-state index contributed by atoms with van der Waals surface area (Å²) in [5.74, 6) is 0.763. The fourth-order valence-corrected chi connectivity index (χ4v) is 4.76. The minimum Gasteiger partial charge on any atom is -0.494 e. The fourth-order valence-electron chi connectivity index (χ4n) is 3.77. The quantitative estimate of drug-likeness (QED) is 0.680. The molecule has 1 unspecified atom stereocenters. The number of benzene rings is 1. The van der Waals surface area contributed by atoms with Crippen molar-refractivity contribution in [3.63, 3.8) is 0 Å². The van der Waals surface area contributed by atoms with Gasteiger partial charge in [0.15, 0.2) is 5.78 Å². The number of hydrogen-bond acceptors (Lipinski definition) is 4. The van der Waals surface area contributed by atoms with Crippen molar-refractivity contribution in [3.05, 3.63) is 64.2 Å². The normalized spacial score (nSPS) is 18.7. The molecule has 4 rings (SSSR count). The largest absolute Gasteiger partial charge is 0.494 e. The predicted molar refractivity (Wildman–Crippen MR) is 108 cm³/mol. The number of hydrogen-bond donors (Lipinski definition) is 0. The van der Waals surface area contributed by atoms with E-state index in [1.165, 1.54) is 16.0 Å². The summed E-state index contributed by atoms with van der Waals surface area (Å²) in [5, 5.41) is 11.7. The number of carbonyl (C=O) groups is 1. The van der Waals surface area contributed by atoms with Crippen LogP contribution in [0.4, 0.5) is 0 Å². The maximum atomic E-state index is 12.0. The van der Waals surface area contributed by atoms with Crippen LogP contribution in [0.1, 0.15) is 48.2 Å². The lowest BCUT2D eigenvalue weighted by atomic mass is 9.90. The van der Waals surface area contributed by atoms with Gasteiger partial charge >= 0.3 is 0 Å². The van der Waals surface area contributed by atoms with Crippen molar-refractivity contribution in [3.8, 4) is 16.5 Å². The molecule has 0 fully saturated rings. The first-order valence-corrected chi connectivity index (χ1v) is 10.2. The van der Waals surface area contributed by atoms with Gasteiger partial charge in [-0.3, -0.25) is 4.79 Å². The van der Waals surface area contributed by atoms with Gasteiger partial charge in [-0.25, -0.2) is 0 Å². The number of rotatable bonds is 4. The molecular formula is C23H21NO2S. The SMILES string of the molecule is CC(C)OC1=CC=C(c2csc(-c3cccc4c3CCC4=O)c2)CC1C#N. The molecule has 0 saturated carbocycles.